The van der Waals surface area contributed by atoms with E-state index in [1.165, 1.54) is 7.11 Å². The minimum absolute atomic E-state index is 0.0338. The van der Waals surface area contributed by atoms with Crippen LogP contribution in [0.5, 0.6) is 0 Å². The Hall–Kier alpha value is -3.28. The molecule has 2 atom stereocenters. The van der Waals surface area contributed by atoms with Gasteiger partial charge < -0.3 is 14.8 Å². The predicted octanol–water partition coefficient (Wildman–Crippen LogP) is 3.87. The minimum atomic E-state index is -0.503. The van der Waals surface area contributed by atoms with Crippen molar-refractivity contribution in [3.8, 4) is 0 Å². The van der Waals surface area contributed by atoms with Crippen LogP contribution in [0.25, 0.3) is 5.70 Å². The Kier molecular flexibility index (Phi) is 5.99. The summed E-state index contributed by atoms with van der Waals surface area (Å²) in [6.45, 7) is 4.07. The molecule has 2 unspecified atom stereocenters. The Morgan fingerprint density at radius 1 is 1.14 bits per heavy atom. The summed E-state index contributed by atoms with van der Waals surface area (Å²) in [6.07, 6.45) is 1.38. The Morgan fingerprint density at radius 2 is 1.89 bits per heavy atom. The molecule has 2 aromatic rings. The highest BCUT2D eigenvalue weighted by Gasteiger charge is 2.30. The van der Waals surface area contributed by atoms with Gasteiger partial charge in [0.15, 0.2) is 0 Å². The van der Waals surface area contributed by atoms with E-state index in [4.69, 9.17) is 9.47 Å². The van der Waals surface area contributed by atoms with Gasteiger partial charge in [-0.1, -0.05) is 36.4 Å². The standard InChI is InChI=1S/C22H24N2O4/c1-14-11-17(20-12-18(15(2)23-20)21(25)27-3)9-10-19(14)24-22(26)28-13-16-7-5-4-6-8-16/h4-12,15,18,23H,13H2,1-3H3,(H,24,26). The fraction of sp³-hybridized carbons (Fsp3) is 0.273. The van der Waals surface area contributed by atoms with Gasteiger partial charge in [-0.25, -0.2) is 4.79 Å². The van der Waals surface area contributed by atoms with Gasteiger partial charge in [-0.3, -0.25) is 10.1 Å². The second kappa shape index (κ2) is 8.61. The van der Waals surface area contributed by atoms with Crippen LogP contribution >= 0.6 is 0 Å². The third-order valence-electron chi connectivity index (χ3n) is 4.73. The number of ether oxygens (including phenoxy) is 2. The summed E-state index contributed by atoms with van der Waals surface area (Å²) in [4.78, 5) is 23.9. The zero-order valence-corrected chi connectivity index (χ0v) is 16.2. The van der Waals surface area contributed by atoms with Crippen molar-refractivity contribution in [2.75, 3.05) is 12.4 Å². The number of anilines is 1. The van der Waals surface area contributed by atoms with E-state index >= 15 is 0 Å². The summed E-state index contributed by atoms with van der Waals surface area (Å²) in [6, 6.07) is 15.2. The highest BCUT2D eigenvalue weighted by molar-refractivity contribution is 5.87. The number of aryl methyl sites for hydroxylation is 1. The van der Waals surface area contributed by atoms with Crippen LogP contribution in [0.15, 0.2) is 54.6 Å². The lowest BCUT2D eigenvalue weighted by molar-refractivity contribution is -0.144. The van der Waals surface area contributed by atoms with E-state index in [2.05, 4.69) is 10.6 Å². The first-order chi connectivity index (χ1) is 13.5. The first-order valence-electron chi connectivity index (χ1n) is 9.13. The summed E-state index contributed by atoms with van der Waals surface area (Å²) in [5, 5.41) is 6.08. The number of rotatable bonds is 5. The van der Waals surface area contributed by atoms with Gasteiger partial charge >= 0.3 is 12.1 Å². The lowest BCUT2D eigenvalue weighted by atomic mass is 10.0. The van der Waals surface area contributed by atoms with Crippen molar-refractivity contribution < 1.29 is 19.1 Å². The van der Waals surface area contributed by atoms with Crippen LogP contribution in [0, 0.1) is 12.8 Å². The van der Waals surface area contributed by atoms with Gasteiger partial charge in [0.1, 0.15) is 6.61 Å². The molecule has 2 aromatic carbocycles. The van der Waals surface area contributed by atoms with Crippen molar-refractivity contribution in [2.45, 2.75) is 26.5 Å². The molecule has 6 nitrogen and oxygen atoms in total. The monoisotopic (exact) mass is 380 g/mol. The molecule has 2 N–H and O–H groups in total. The number of hydrogen-bond acceptors (Lipinski definition) is 5. The maximum absolute atomic E-state index is 12.1. The summed E-state index contributed by atoms with van der Waals surface area (Å²) in [5.41, 5.74) is 4.32. The predicted molar refractivity (Wildman–Crippen MR) is 108 cm³/mol. The molecule has 0 radical (unpaired) electrons. The minimum Gasteiger partial charge on any atom is -0.469 e. The van der Waals surface area contributed by atoms with Crippen LogP contribution in [0.3, 0.4) is 0 Å². The van der Waals surface area contributed by atoms with Crippen molar-refractivity contribution in [3.05, 3.63) is 71.3 Å². The van der Waals surface area contributed by atoms with E-state index in [0.717, 1.165) is 22.4 Å². The summed E-state index contributed by atoms with van der Waals surface area (Å²) >= 11 is 0. The van der Waals surface area contributed by atoms with Gasteiger partial charge in [0.25, 0.3) is 0 Å². The highest BCUT2D eigenvalue weighted by atomic mass is 16.5. The van der Waals surface area contributed by atoms with Crippen LogP contribution in [-0.4, -0.2) is 25.2 Å². The summed E-state index contributed by atoms with van der Waals surface area (Å²) in [7, 11) is 1.39. The van der Waals surface area contributed by atoms with Gasteiger partial charge in [0.2, 0.25) is 0 Å². The molecular formula is C22H24N2O4. The second-order valence-electron chi connectivity index (χ2n) is 6.78. The average Bonchev–Trinajstić information content (AvgIpc) is 3.10. The van der Waals surface area contributed by atoms with E-state index in [9.17, 15) is 9.59 Å². The molecule has 0 spiro atoms. The number of hydrogen-bond donors (Lipinski definition) is 2. The second-order valence-corrected chi connectivity index (χ2v) is 6.78. The molecular weight excluding hydrogens is 356 g/mol. The van der Waals surface area contributed by atoms with Gasteiger partial charge in [0.05, 0.1) is 13.0 Å². The van der Waals surface area contributed by atoms with Crippen molar-refractivity contribution in [1.29, 1.82) is 0 Å². The van der Waals surface area contributed by atoms with E-state index in [0.29, 0.717) is 5.69 Å². The summed E-state index contributed by atoms with van der Waals surface area (Å²) < 4.78 is 10.1. The Labute approximate surface area is 164 Å². The SMILES string of the molecule is COC(=O)C1C=C(c2ccc(NC(=O)OCc3ccccc3)c(C)c2)NC1C. The van der Waals surface area contributed by atoms with Gasteiger partial charge in [-0.15, -0.1) is 0 Å². The molecule has 1 aliphatic heterocycles. The van der Waals surface area contributed by atoms with Crippen molar-refractivity contribution in [1.82, 2.24) is 5.32 Å². The molecule has 3 rings (SSSR count). The van der Waals surface area contributed by atoms with Gasteiger partial charge in [-0.2, -0.15) is 0 Å². The molecule has 1 amide bonds. The van der Waals surface area contributed by atoms with E-state index in [1.54, 1.807) is 0 Å². The molecule has 0 aliphatic carbocycles. The Balaban J connectivity index is 1.64. The number of methoxy groups -OCH3 is 1. The zero-order valence-electron chi connectivity index (χ0n) is 16.2. The normalized spacial score (nSPS) is 18.0. The number of benzene rings is 2. The topological polar surface area (TPSA) is 76.7 Å². The van der Waals surface area contributed by atoms with Crippen molar-refractivity contribution >= 4 is 23.4 Å². The zero-order chi connectivity index (χ0) is 20.1. The van der Waals surface area contributed by atoms with Crippen molar-refractivity contribution in [3.63, 3.8) is 0 Å². The fourth-order valence-electron chi connectivity index (χ4n) is 3.14. The maximum atomic E-state index is 12.1. The maximum Gasteiger partial charge on any atom is 0.411 e. The van der Waals surface area contributed by atoms with Gasteiger partial charge in [-0.05, 0) is 48.7 Å². The lowest BCUT2D eigenvalue weighted by Crippen LogP contribution is -2.30. The first kappa shape index (κ1) is 19.5. The highest BCUT2D eigenvalue weighted by Crippen LogP contribution is 2.27. The summed E-state index contributed by atoms with van der Waals surface area (Å²) in [5.74, 6) is -0.572. The number of esters is 1. The quantitative estimate of drug-likeness (QED) is 0.770. The fourth-order valence-corrected chi connectivity index (χ4v) is 3.14. The lowest BCUT2D eigenvalue weighted by Gasteiger charge is -2.14. The molecule has 28 heavy (non-hydrogen) atoms. The molecule has 1 aliphatic rings. The molecule has 1 heterocycles. The number of carbonyl (C=O) groups excluding carboxylic acids is 2. The third-order valence-corrected chi connectivity index (χ3v) is 4.73. The van der Waals surface area contributed by atoms with E-state index < -0.39 is 6.09 Å². The number of amides is 1. The smallest absolute Gasteiger partial charge is 0.411 e. The van der Waals surface area contributed by atoms with Crippen molar-refractivity contribution in [2.24, 2.45) is 5.92 Å². The van der Waals surface area contributed by atoms with Crippen LogP contribution in [-0.2, 0) is 20.9 Å². The third kappa shape index (κ3) is 4.52. The largest absolute Gasteiger partial charge is 0.469 e. The van der Waals surface area contributed by atoms with E-state index in [-0.39, 0.29) is 24.5 Å². The average molecular weight is 380 g/mol. The van der Waals surface area contributed by atoms with Gasteiger partial charge in [0, 0.05) is 17.4 Å². The molecule has 0 fully saturated rings. The van der Waals surface area contributed by atoms with Crippen LogP contribution < -0.4 is 10.6 Å². The Morgan fingerprint density at radius 3 is 2.57 bits per heavy atom. The molecule has 6 heteroatoms. The van der Waals surface area contributed by atoms with E-state index in [1.807, 2.05) is 68.5 Å². The van der Waals surface area contributed by atoms with Crippen LogP contribution in [0.2, 0.25) is 0 Å². The van der Waals surface area contributed by atoms with Crippen LogP contribution in [0.4, 0.5) is 10.5 Å². The molecule has 0 bridgehead atoms. The number of carbonyl (C=O) groups is 2. The molecule has 0 saturated heterocycles. The molecule has 0 aromatic heterocycles. The van der Waals surface area contributed by atoms with Crippen LogP contribution in [0.1, 0.15) is 23.6 Å². The number of nitrogens with one attached hydrogen (secondary N) is 2. The molecule has 146 valence electrons. The Bertz CT molecular complexity index is 893. The first-order valence-corrected chi connectivity index (χ1v) is 9.13. The molecule has 0 saturated carbocycles.